The van der Waals surface area contributed by atoms with Gasteiger partial charge in [0, 0.05) is 5.56 Å². The van der Waals surface area contributed by atoms with Crippen LogP contribution < -0.4 is 16.6 Å². The Bertz CT molecular complexity index is 552. The van der Waals surface area contributed by atoms with Gasteiger partial charge in [-0.05, 0) is 36.5 Å². The summed E-state index contributed by atoms with van der Waals surface area (Å²) < 4.78 is 23.1. The highest BCUT2D eigenvalue weighted by molar-refractivity contribution is 7.91. The van der Waals surface area contributed by atoms with Gasteiger partial charge < -0.3 is 5.73 Å². The quantitative estimate of drug-likeness (QED) is 0.532. The van der Waals surface area contributed by atoms with Crippen LogP contribution >= 0.6 is 12.2 Å². The maximum absolute atomic E-state index is 11.6. The van der Waals surface area contributed by atoms with Crippen LogP contribution in [0.15, 0.2) is 29.2 Å². The van der Waals surface area contributed by atoms with Gasteiger partial charge in [0.15, 0.2) is 14.9 Å². The predicted octanol–water partition coefficient (Wildman–Crippen LogP) is -0.0418. The Labute approximate surface area is 110 Å². The van der Waals surface area contributed by atoms with Gasteiger partial charge in [-0.1, -0.05) is 6.92 Å². The molecule has 0 unspecified atom stereocenters. The van der Waals surface area contributed by atoms with Crippen LogP contribution in [0.25, 0.3) is 0 Å². The van der Waals surface area contributed by atoms with E-state index < -0.39 is 15.7 Å². The van der Waals surface area contributed by atoms with E-state index in [4.69, 9.17) is 5.73 Å². The van der Waals surface area contributed by atoms with Crippen LogP contribution in [0, 0.1) is 0 Å². The third-order valence-electron chi connectivity index (χ3n) is 2.15. The van der Waals surface area contributed by atoms with Gasteiger partial charge in [0.2, 0.25) is 0 Å². The fraction of sp³-hybridized carbons (Fsp3) is 0.200. The summed E-state index contributed by atoms with van der Waals surface area (Å²) in [4.78, 5) is 11.7. The first-order valence-electron chi connectivity index (χ1n) is 5.05. The van der Waals surface area contributed by atoms with Crippen LogP contribution in [0.3, 0.4) is 0 Å². The third-order valence-corrected chi connectivity index (χ3v) is 4.01. The number of carbonyl (C=O) groups is 1. The highest BCUT2D eigenvalue weighted by Gasteiger charge is 2.12. The molecule has 0 saturated heterocycles. The number of amides is 1. The SMILES string of the molecule is CCS(=O)(=O)c1ccc(C(=O)NNC(N)=S)cc1. The van der Waals surface area contributed by atoms with Crippen molar-refractivity contribution in [1.29, 1.82) is 0 Å². The number of carbonyl (C=O) groups excluding carboxylic acids is 1. The monoisotopic (exact) mass is 287 g/mol. The number of sulfone groups is 1. The minimum Gasteiger partial charge on any atom is -0.375 e. The maximum Gasteiger partial charge on any atom is 0.269 e. The Morgan fingerprint density at radius 3 is 2.28 bits per heavy atom. The Morgan fingerprint density at radius 2 is 1.83 bits per heavy atom. The van der Waals surface area contributed by atoms with E-state index in [-0.39, 0.29) is 15.8 Å². The minimum atomic E-state index is -3.25. The van der Waals surface area contributed by atoms with Gasteiger partial charge in [0.1, 0.15) is 0 Å². The molecule has 18 heavy (non-hydrogen) atoms. The summed E-state index contributed by atoms with van der Waals surface area (Å²) in [5, 5.41) is -0.0615. The summed E-state index contributed by atoms with van der Waals surface area (Å²) in [6.07, 6.45) is 0. The highest BCUT2D eigenvalue weighted by Crippen LogP contribution is 2.12. The molecule has 0 aromatic heterocycles. The lowest BCUT2D eigenvalue weighted by Crippen LogP contribution is -2.44. The molecule has 1 rings (SSSR count). The number of nitrogens with two attached hydrogens (primary N) is 1. The average molecular weight is 287 g/mol. The molecule has 0 aliphatic heterocycles. The fourth-order valence-electron chi connectivity index (χ4n) is 1.17. The second-order valence-corrected chi connectivity index (χ2v) is 6.09. The number of nitrogens with one attached hydrogen (secondary N) is 2. The Hall–Kier alpha value is -1.67. The molecule has 4 N–H and O–H groups in total. The molecule has 98 valence electrons. The van der Waals surface area contributed by atoms with Gasteiger partial charge in [0.25, 0.3) is 5.91 Å². The first-order valence-corrected chi connectivity index (χ1v) is 7.11. The smallest absolute Gasteiger partial charge is 0.269 e. The van der Waals surface area contributed by atoms with Gasteiger partial charge in [-0.3, -0.25) is 15.6 Å². The standard InChI is InChI=1S/C10H13N3O3S2/c1-2-18(15,16)8-5-3-7(4-6-8)9(14)12-13-10(11)17/h3-6H,2H2,1H3,(H,12,14)(H3,11,13,17). The largest absolute Gasteiger partial charge is 0.375 e. The van der Waals surface area contributed by atoms with Crippen LogP contribution in [-0.4, -0.2) is 25.2 Å². The minimum absolute atomic E-state index is 0.0154. The van der Waals surface area contributed by atoms with Crippen molar-refractivity contribution in [2.45, 2.75) is 11.8 Å². The lowest BCUT2D eigenvalue weighted by atomic mass is 10.2. The Morgan fingerprint density at radius 1 is 1.28 bits per heavy atom. The predicted molar refractivity (Wildman–Crippen MR) is 71.6 cm³/mol. The normalized spacial score (nSPS) is 10.7. The van der Waals surface area contributed by atoms with Crippen molar-refractivity contribution in [3.05, 3.63) is 29.8 Å². The molecule has 0 aliphatic carbocycles. The molecule has 1 aromatic rings. The van der Waals surface area contributed by atoms with Gasteiger partial charge in [-0.15, -0.1) is 0 Å². The number of rotatable bonds is 3. The van der Waals surface area contributed by atoms with Crippen molar-refractivity contribution in [1.82, 2.24) is 10.9 Å². The van der Waals surface area contributed by atoms with E-state index in [2.05, 4.69) is 23.1 Å². The first-order chi connectivity index (χ1) is 8.36. The molecular formula is C10H13N3O3S2. The van der Waals surface area contributed by atoms with Crippen molar-refractivity contribution < 1.29 is 13.2 Å². The molecule has 0 radical (unpaired) electrons. The third kappa shape index (κ3) is 3.67. The molecular weight excluding hydrogens is 274 g/mol. The molecule has 1 aromatic carbocycles. The van der Waals surface area contributed by atoms with E-state index in [1.54, 1.807) is 6.92 Å². The average Bonchev–Trinajstić information content (AvgIpc) is 2.36. The summed E-state index contributed by atoms with van der Waals surface area (Å²) in [6.45, 7) is 1.56. The molecule has 0 saturated carbocycles. The van der Waals surface area contributed by atoms with Crippen molar-refractivity contribution in [3.8, 4) is 0 Å². The molecule has 8 heteroatoms. The molecule has 0 aliphatic rings. The summed E-state index contributed by atoms with van der Waals surface area (Å²) in [5.74, 6) is -0.440. The second-order valence-electron chi connectivity index (χ2n) is 3.37. The van der Waals surface area contributed by atoms with E-state index in [1.807, 2.05) is 0 Å². The van der Waals surface area contributed by atoms with Crippen LogP contribution in [-0.2, 0) is 9.84 Å². The molecule has 1 amide bonds. The second kappa shape index (κ2) is 5.78. The van der Waals surface area contributed by atoms with E-state index >= 15 is 0 Å². The van der Waals surface area contributed by atoms with Gasteiger partial charge >= 0.3 is 0 Å². The molecule has 0 heterocycles. The van der Waals surface area contributed by atoms with Crippen molar-refractivity contribution in [2.24, 2.45) is 5.73 Å². The van der Waals surface area contributed by atoms with E-state index in [0.717, 1.165) is 0 Å². The van der Waals surface area contributed by atoms with E-state index in [0.29, 0.717) is 5.56 Å². The summed E-state index contributed by atoms with van der Waals surface area (Å²) in [6, 6.07) is 5.60. The van der Waals surface area contributed by atoms with Gasteiger partial charge in [0.05, 0.1) is 10.6 Å². The lowest BCUT2D eigenvalue weighted by Gasteiger charge is -2.07. The zero-order valence-corrected chi connectivity index (χ0v) is 11.3. The van der Waals surface area contributed by atoms with Gasteiger partial charge in [-0.2, -0.15) is 0 Å². The molecule has 0 fully saturated rings. The number of hydrogen-bond acceptors (Lipinski definition) is 4. The molecule has 0 bridgehead atoms. The molecule has 0 atom stereocenters. The van der Waals surface area contributed by atoms with Crippen molar-refractivity contribution in [3.63, 3.8) is 0 Å². The maximum atomic E-state index is 11.6. The zero-order chi connectivity index (χ0) is 13.8. The van der Waals surface area contributed by atoms with Crippen molar-refractivity contribution in [2.75, 3.05) is 5.75 Å². The van der Waals surface area contributed by atoms with Gasteiger partial charge in [-0.25, -0.2) is 8.42 Å². The lowest BCUT2D eigenvalue weighted by molar-refractivity contribution is 0.0944. The fourth-order valence-corrected chi connectivity index (χ4v) is 2.11. The zero-order valence-electron chi connectivity index (χ0n) is 9.64. The molecule has 6 nitrogen and oxygen atoms in total. The summed E-state index contributed by atoms with van der Waals surface area (Å²) >= 11 is 4.52. The topological polar surface area (TPSA) is 101 Å². The van der Waals surface area contributed by atoms with Crippen LogP contribution in [0.1, 0.15) is 17.3 Å². The van der Waals surface area contributed by atoms with Crippen LogP contribution in [0.5, 0.6) is 0 Å². The van der Waals surface area contributed by atoms with Crippen LogP contribution in [0.2, 0.25) is 0 Å². The Kier molecular flexibility index (Phi) is 4.62. The number of benzene rings is 1. The number of thiocarbonyl (C=S) groups is 1. The van der Waals surface area contributed by atoms with Crippen molar-refractivity contribution >= 4 is 33.1 Å². The summed E-state index contributed by atoms with van der Waals surface area (Å²) in [5.41, 5.74) is 10.0. The summed E-state index contributed by atoms with van der Waals surface area (Å²) in [7, 11) is -3.25. The number of hydrogen-bond donors (Lipinski definition) is 3. The first kappa shape index (κ1) is 14.4. The van der Waals surface area contributed by atoms with E-state index in [1.165, 1.54) is 24.3 Å². The van der Waals surface area contributed by atoms with E-state index in [9.17, 15) is 13.2 Å². The molecule has 0 spiro atoms. The Balaban J connectivity index is 2.83. The highest BCUT2D eigenvalue weighted by atomic mass is 32.2. The van der Waals surface area contributed by atoms with Crippen LogP contribution in [0.4, 0.5) is 0 Å². The number of hydrazine groups is 1.